The van der Waals surface area contributed by atoms with Crippen molar-refractivity contribution in [2.75, 3.05) is 0 Å². The Hall–Kier alpha value is -5.52. The van der Waals surface area contributed by atoms with E-state index in [1.165, 1.54) is 48.5 Å². The molecule has 0 radical (unpaired) electrons. The van der Waals surface area contributed by atoms with Crippen LogP contribution < -0.4 is 0 Å². The van der Waals surface area contributed by atoms with Gasteiger partial charge < -0.3 is 0 Å². The molecule has 0 fully saturated rings. The molecule has 4 aromatic rings. The molecular formula is C28H20N4O8. The quantitative estimate of drug-likeness (QED) is 0.197. The zero-order valence-corrected chi connectivity index (χ0v) is 20.8. The van der Waals surface area contributed by atoms with E-state index in [0.29, 0.717) is 44.5 Å². The normalized spacial score (nSPS) is 12.4. The van der Waals surface area contributed by atoms with Crippen molar-refractivity contribution in [3.8, 4) is 0 Å². The number of hydrogen-bond donors (Lipinski definition) is 0. The zero-order chi connectivity index (χ0) is 28.6. The average Bonchev–Trinajstić information content (AvgIpc) is 2.87. The van der Waals surface area contributed by atoms with Gasteiger partial charge in [0.1, 0.15) is 0 Å². The summed E-state index contributed by atoms with van der Waals surface area (Å²) in [5.74, 6) is 0. The number of hydrogen-bond acceptors (Lipinski definition) is 8. The molecule has 0 saturated heterocycles. The van der Waals surface area contributed by atoms with Gasteiger partial charge in [-0.1, -0.05) is 24.3 Å². The summed E-state index contributed by atoms with van der Waals surface area (Å²) in [7, 11) is 0. The van der Waals surface area contributed by atoms with Gasteiger partial charge in [0.25, 0.3) is 22.7 Å². The van der Waals surface area contributed by atoms with Gasteiger partial charge in [0, 0.05) is 48.5 Å². The minimum Gasteiger partial charge on any atom is -0.258 e. The summed E-state index contributed by atoms with van der Waals surface area (Å²) in [6.07, 6.45) is 0.626. The minimum absolute atomic E-state index is 0.156. The molecule has 12 nitrogen and oxygen atoms in total. The van der Waals surface area contributed by atoms with Gasteiger partial charge in [0.15, 0.2) is 0 Å². The number of nitrogens with zero attached hydrogens (tertiary/aromatic N) is 4. The van der Waals surface area contributed by atoms with Crippen molar-refractivity contribution < 1.29 is 19.7 Å². The van der Waals surface area contributed by atoms with Gasteiger partial charge >= 0.3 is 0 Å². The second-order valence-corrected chi connectivity index (χ2v) is 9.77. The third kappa shape index (κ3) is 5.80. The molecule has 1 aliphatic carbocycles. The zero-order valence-electron chi connectivity index (χ0n) is 20.8. The standard InChI is InChI=1S/C28H20N4O8/c33-29(34)25-9-17-1-18(10-25)6-20-3-22(14-27(12-20)31(37)38)8-24-4-23(15-28(16-24)32(39)40)7-21-2-19(5-17)11-26(13-21)30(35)36/h1-4,9-16H,5-8H2. The van der Waals surface area contributed by atoms with Crippen LogP contribution in [0, 0.1) is 40.5 Å². The van der Waals surface area contributed by atoms with Crippen molar-refractivity contribution >= 4 is 22.7 Å². The van der Waals surface area contributed by atoms with E-state index in [0.717, 1.165) is 0 Å². The lowest BCUT2D eigenvalue weighted by Crippen LogP contribution is -2.02. The Labute approximate surface area is 226 Å². The number of non-ortho nitro benzene ring substituents is 4. The molecule has 12 heteroatoms. The van der Waals surface area contributed by atoms with Gasteiger partial charge in [0.05, 0.1) is 19.7 Å². The van der Waals surface area contributed by atoms with Crippen LogP contribution in [0.4, 0.5) is 22.7 Å². The van der Waals surface area contributed by atoms with Gasteiger partial charge in [-0.05, 0) is 70.2 Å². The largest absolute Gasteiger partial charge is 0.269 e. The summed E-state index contributed by atoms with van der Waals surface area (Å²) in [5.41, 5.74) is 3.74. The molecule has 0 amide bonds. The monoisotopic (exact) mass is 540 g/mol. The maximum Gasteiger partial charge on any atom is 0.269 e. The van der Waals surface area contributed by atoms with E-state index in [1.54, 1.807) is 24.3 Å². The molecular weight excluding hydrogens is 520 g/mol. The molecule has 0 aromatic heterocycles. The average molecular weight is 540 g/mol. The van der Waals surface area contributed by atoms with E-state index in [-0.39, 0.29) is 48.4 Å². The first-order valence-corrected chi connectivity index (χ1v) is 12.1. The van der Waals surface area contributed by atoms with Crippen LogP contribution >= 0.6 is 0 Å². The van der Waals surface area contributed by atoms with Crippen molar-refractivity contribution in [3.05, 3.63) is 158 Å². The molecule has 0 atom stereocenters. The third-order valence-electron chi connectivity index (χ3n) is 6.63. The van der Waals surface area contributed by atoms with E-state index in [2.05, 4.69) is 0 Å². The van der Waals surface area contributed by atoms with Crippen LogP contribution in [-0.4, -0.2) is 19.7 Å². The maximum atomic E-state index is 11.7. The second kappa shape index (κ2) is 10.3. The van der Waals surface area contributed by atoms with Crippen LogP contribution in [0.1, 0.15) is 44.5 Å². The lowest BCUT2D eigenvalue weighted by molar-refractivity contribution is -0.385. The first-order valence-electron chi connectivity index (χ1n) is 12.1. The summed E-state index contributed by atoms with van der Waals surface area (Å²) < 4.78 is 0. The number of nitro benzene ring substituents is 4. The first-order chi connectivity index (χ1) is 19.0. The maximum absolute atomic E-state index is 11.7. The highest BCUT2D eigenvalue weighted by molar-refractivity contribution is 5.50. The molecule has 0 unspecified atom stereocenters. The highest BCUT2D eigenvalue weighted by Crippen LogP contribution is 2.29. The molecule has 1 aliphatic rings. The minimum atomic E-state index is -0.525. The van der Waals surface area contributed by atoms with Gasteiger partial charge in [-0.15, -0.1) is 0 Å². The lowest BCUT2D eigenvalue weighted by Gasteiger charge is -2.12. The molecule has 0 aliphatic heterocycles. The van der Waals surface area contributed by atoms with Crippen LogP contribution in [0.15, 0.2) is 72.8 Å². The highest BCUT2D eigenvalue weighted by Gasteiger charge is 2.18. The van der Waals surface area contributed by atoms with Crippen molar-refractivity contribution in [2.24, 2.45) is 0 Å². The van der Waals surface area contributed by atoms with Crippen LogP contribution in [0.3, 0.4) is 0 Å². The number of rotatable bonds is 4. The van der Waals surface area contributed by atoms with E-state index >= 15 is 0 Å². The summed E-state index contributed by atoms with van der Waals surface area (Å²) in [5, 5.41) is 46.8. The van der Waals surface area contributed by atoms with Crippen molar-refractivity contribution in [3.63, 3.8) is 0 Å². The number of nitro groups is 4. The molecule has 4 aromatic carbocycles. The predicted octanol–water partition coefficient (Wildman–Crippen LogP) is 6.00. The Kier molecular flexibility index (Phi) is 6.74. The molecule has 5 rings (SSSR count). The van der Waals surface area contributed by atoms with Crippen molar-refractivity contribution in [1.82, 2.24) is 0 Å². The van der Waals surface area contributed by atoms with E-state index in [1.807, 2.05) is 0 Å². The topological polar surface area (TPSA) is 173 Å². The molecule has 40 heavy (non-hydrogen) atoms. The van der Waals surface area contributed by atoms with Crippen molar-refractivity contribution in [2.45, 2.75) is 25.7 Å². The summed E-state index contributed by atoms with van der Waals surface area (Å²) in [6.45, 7) is 0. The van der Waals surface area contributed by atoms with E-state index < -0.39 is 19.7 Å². The van der Waals surface area contributed by atoms with Crippen LogP contribution in [0.2, 0.25) is 0 Å². The van der Waals surface area contributed by atoms with Gasteiger partial charge in [-0.2, -0.15) is 0 Å². The number of benzene rings is 4. The molecule has 0 N–H and O–H groups in total. The first kappa shape index (κ1) is 26.1. The van der Waals surface area contributed by atoms with Gasteiger partial charge in [0.2, 0.25) is 0 Å². The predicted molar refractivity (Wildman–Crippen MR) is 144 cm³/mol. The lowest BCUT2D eigenvalue weighted by atomic mass is 9.92. The summed E-state index contributed by atoms with van der Waals surface area (Å²) in [6, 6.07) is 18.2. The van der Waals surface area contributed by atoms with Crippen LogP contribution in [0.25, 0.3) is 0 Å². The number of fused-ring (bicyclic) bond motifs is 8. The Morgan fingerprint density at radius 2 is 0.475 bits per heavy atom. The Balaban J connectivity index is 1.74. The van der Waals surface area contributed by atoms with Crippen LogP contribution in [0.5, 0.6) is 0 Å². The molecule has 200 valence electrons. The molecule has 0 heterocycles. The molecule has 0 saturated carbocycles. The van der Waals surface area contributed by atoms with Gasteiger partial charge in [-0.25, -0.2) is 0 Å². The third-order valence-corrected chi connectivity index (χ3v) is 6.63. The SMILES string of the molecule is O=[N+]([O-])c1cc2cc(c1)Cc1cc(cc([N+](=O)[O-])c1)Cc1cc(cc([N+](=O)[O-])c1)Cc1cc(cc([N+](=O)[O-])c1)C2. The summed E-state index contributed by atoms with van der Waals surface area (Å²) in [4.78, 5) is 44.7. The highest BCUT2D eigenvalue weighted by atomic mass is 16.6. The van der Waals surface area contributed by atoms with E-state index in [4.69, 9.17) is 0 Å². The Morgan fingerprint density at radius 1 is 0.325 bits per heavy atom. The smallest absolute Gasteiger partial charge is 0.258 e. The fourth-order valence-electron chi connectivity index (χ4n) is 5.15. The molecule has 8 bridgehead atoms. The van der Waals surface area contributed by atoms with Crippen molar-refractivity contribution in [1.29, 1.82) is 0 Å². The summed E-state index contributed by atoms with van der Waals surface area (Å²) >= 11 is 0. The van der Waals surface area contributed by atoms with Crippen LogP contribution in [-0.2, 0) is 25.7 Å². The second-order valence-electron chi connectivity index (χ2n) is 9.77. The fraction of sp³-hybridized carbons (Fsp3) is 0.143. The Bertz CT molecular complexity index is 1400. The van der Waals surface area contributed by atoms with Gasteiger partial charge in [-0.3, -0.25) is 40.5 Å². The molecule has 0 spiro atoms. The Morgan fingerprint density at radius 3 is 0.600 bits per heavy atom. The fourth-order valence-corrected chi connectivity index (χ4v) is 5.15. The van der Waals surface area contributed by atoms with E-state index in [9.17, 15) is 40.5 Å².